The summed E-state index contributed by atoms with van der Waals surface area (Å²) < 4.78 is 11.4. The largest absolute Gasteiger partial charge is 0.451 e. The van der Waals surface area contributed by atoms with E-state index in [0.29, 0.717) is 17.9 Å². The van der Waals surface area contributed by atoms with Crippen molar-refractivity contribution in [3.8, 4) is 0 Å². The lowest BCUT2D eigenvalue weighted by Gasteiger charge is -2.37. The number of methoxy groups -OCH3 is 1. The van der Waals surface area contributed by atoms with Crippen LogP contribution in [-0.2, 0) is 14.3 Å². The van der Waals surface area contributed by atoms with Crippen molar-refractivity contribution in [2.24, 2.45) is 17.8 Å². The first-order valence-corrected chi connectivity index (χ1v) is 6.71. The summed E-state index contributed by atoms with van der Waals surface area (Å²) in [6.45, 7) is 0. The van der Waals surface area contributed by atoms with Gasteiger partial charge in [-0.15, -0.1) is 0 Å². The number of rotatable bonds is 1. The molecule has 17 heavy (non-hydrogen) atoms. The van der Waals surface area contributed by atoms with Gasteiger partial charge in [-0.25, -0.2) is 4.79 Å². The smallest absolute Gasteiger partial charge is 0.331 e. The van der Waals surface area contributed by atoms with Crippen molar-refractivity contribution in [3.05, 3.63) is 11.6 Å². The van der Waals surface area contributed by atoms with E-state index in [-0.39, 0.29) is 11.6 Å². The number of fused-ring (bicyclic) bond motifs is 3. The Morgan fingerprint density at radius 2 is 2.29 bits per heavy atom. The van der Waals surface area contributed by atoms with E-state index in [2.05, 4.69) is 0 Å². The number of carbonyl (C=O) groups is 1. The van der Waals surface area contributed by atoms with Gasteiger partial charge in [-0.05, 0) is 43.1 Å². The van der Waals surface area contributed by atoms with Crippen LogP contribution in [0.15, 0.2) is 11.6 Å². The molecule has 0 saturated heterocycles. The molecular weight excluding hydrogens is 216 g/mol. The number of carbonyl (C=O) groups excluding carboxylic acids is 1. The standard InChI is InChI=1S/C14H18O3/c1-16-12-5-8-6-13(15)17-14(8)7-10(12)9-3-2-4-11(9)14/h6,9-12H,2-5,7H2,1H3/t9?,10-,11+,12?,14+/m1/s1. The summed E-state index contributed by atoms with van der Waals surface area (Å²) in [7, 11) is 1.80. The van der Waals surface area contributed by atoms with Gasteiger partial charge in [-0.3, -0.25) is 0 Å². The van der Waals surface area contributed by atoms with Crippen LogP contribution >= 0.6 is 0 Å². The van der Waals surface area contributed by atoms with E-state index in [9.17, 15) is 4.79 Å². The summed E-state index contributed by atoms with van der Waals surface area (Å²) in [5, 5.41) is 0. The SMILES string of the molecule is COC1CC2=CC(=O)O[C@@]23C[C@@H]1C1CCC[C@@H]13. The summed E-state index contributed by atoms with van der Waals surface area (Å²) in [6, 6.07) is 0. The zero-order chi connectivity index (χ0) is 11.6. The van der Waals surface area contributed by atoms with Crippen molar-refractivity contribution in [3.63, 3.8) is 0 Å². The molecule has 0 N–H and O–H groups in total. The van der Waals surface area contributed by atoms with Gasteiger partial charge in [0.25, 0.3) is 0 Å². The monoisotopic (exact) mass is 234 g/mol. The molecule has 3 heteroatoms. The van der Waals surface area contributed by atoms with E-state index in [4.69, 9.17) is 9.47 Å². The maximum absolute atomic E-state index is 11.6. The minimum absolute atomic E-state index is 0.122. The van der Waals surface area contributed by atoms with Gasteiger partial charge in [0.15, 0.2) is 0 Å². The van der Waals surface area contributed by atoms with Gasteiger partial charge in [0.1, 0.15) is 5.60 Å². The van der Waals surface area contributed by atoms with Crippen LogP contribution in [0.4, 0.5) is 0 Å². The Hall–Kier alpha value is -0.830. The predicted molar refractivity (Wildman–Crippen MR) is 61.3 cm³/mol. The third-order valence-corrected chi connectivity index (χ3v) is 5.58. The molecule has 0 radical (unpaired) electrons. The maximum atomic E-state index is 11.6. The second-order valence-electron chi connectivity index (χ2n) is 6.03. The van der Waals surface area contributed by atoms with Crippen LogP contribution in [0.25, 0.3) is 0 Å². The molecule has 4 aliphatic rings. The van der Waals surface area contributed by atoms with Crippen molar-refractivity contribution in [2.75, 3.05) is 7.11 Å². The lowest BCUT2D eigenvalue weighted by atomic mass is 9.76. The van der Waals surface area contributed by atoms with Crippen LogP contribution < -0.4 is 0 Å². The molecule has 3 nitrogen and oxygen atoms in total. The topological polar surface area (TPSA) is 35.5 Å². The second kappa shape index (κ2) is 3.14. The fourth-order valence-corrected chi connectivity index (χ4v) is 5.02. The molecular formula is C14H18O3. The highest BCUT2D eigenvalue weighted by Crippen LogP contribution is 2.63. The first-order chi connectivity index (χ1) is 8.24. The van der Waals surface area contributed by atoms with Crippen molar-refractivity contribution >= 4 is 5.97 Å². The van der Waals surface area contributed by atoms with E-state index in [1.165, 1.54) is 24.8 Å². The molecule has 0 aromatic heterocycles. The summed E-state index contributed by atoms with van der Waals surface area (Å²) in [5.74, 6) is 1.78. The highest BCUT2D eigenvalue weighted by atomic mass is 16.6. The molecule has 5 atom stereocenters. The fraction of sp³-hybridized carbons (Fsp3) is 0.786. The molecule has 3 saturated carbocycles. The average molecular weight is 234 g/mol. The van der Waals surface area contributed by atoms with Crippen LogP contribution in [0, 0.1) is 17.8 Å². The molecule has 1 heterocycles. The van der Waals surface area contributed by atoms with Gasteiger partial charge < -0.3 is 9.47 Å². The number of esters is 1. The zero-order valence-electron chi connectivity index (χ0n) is 10.1. The molecule has 1 aliphatic heterocycles. The molecule has 0 aromatic carbocycles. The molecule has 92 valence electrons. The molecule has 3 aliphatic carbocycles. The lowest BCUT2D eigenvalue weighted by molar-refractivity contribution is -0.150. The van der Waals surface area contributed by atoms with Crippen molar-refractivity contribution < 1.29 is 14.3 Å². The van der Waals surface area contributed by atoms with Crippen LogP contribution in [0.2, 0.25) is 0 Å². The average Bonchev–Trinajstić information content (AvgIpc) is 2.94. The molecule has 3 fully saturated rings. The second-order valence-corrected chi connectivity index (χ2v) is 6.03. The third kappa shape index (κ3) is 1.09. The summed E-state index contributed by atoms with van der Waals surface area (Å²) in [6.07, 6.45) is 7.76. The van der Waals surface area contributed by atoms with Gasteiger partial charge in [0.2, 0.25) is 0 Å². The fourth-order valence-electron chi connectivity index (χ4n) is 5.02. The zero-order valence-corrected chi connectivity index (χ0v) is 10.1. The Labute approximate surface area is 101 Å². The van der Waals surface area contributed by atoms with Crippen molar-refractivity contribution in [1.82, 2.24) is 0 Å². The molecule has 4 rings (SSSR count). The number of ether oxygens (including phenoxy) is 2. The minimum atomic E-state index is -0.210. The van der Waals surface area contributed by atoms with E-state index in [1.54, 1.807) is 13.2 Å². The van der Waals surface area contributed by atoms with E-state index >= 15 is 0 Å². The quantitative estimate of drug-likeness (QED) is 0.651. The highest BCUT2D eigenvalue weighted by Gasteiger charge is 2.65. The third-order valence-electron chi connectivity index (χ3n) is 5.58. The Kier molecular flexibility index (Phi) is 1.87. The van der Waals surface area contributed by atoms with Gasteiger partial charge in [0.05, 0.1) is 6.10 Å². The Morgan fingerprint density at radius 3 is 3.12 bits per heavy atom. The Morgan fingerprint density at radius 1 is 1.41 bits per heavy atom. The summed E-state index contributed by atoms with van der Waals surface area (Å²) in [5.41, 5.74) is 1.01. The molecule has 0 amide bonds. The Balaban J connectivity index is 1.82. The summed E-state index contributed by atoms with van der Waals surface area (Å²) in [4.78, 5) is 11.6. The maximum Gasteiger partial charge on any atom is 0.331 e. The number of hydrogen-bond donors (Lipinski definition) is 0. The van der Waals surface area contributed by atoms with Gasteiger partial charge in [-0.2, -0.15) is 0 Å². The van der Waals surface area contributed by atoms with E-state index < -0.39 is 0 Å². The summed E-state index contributed by atoms with van der Waals surface area (Å²) >= 11 is 0. The molecule has 2 unspecified atom stereocenters. The van der Waals surface area contributed by atoms with Crippen LogP contribution in [0.5, 0.6) is 0 Å². The lowest BCUT2D eigenvalue weighted by Crippen LogP contribution is -2.41. The first-order valence-electron chi connectivity index (χ1n) is 6.71. The normalized spacial score (nSPS) is 50.9. The molecule has 2 bridgehead atoms. The van der Waals surface area contributed by atoms with Crippen molar-refractivity contribution in [2.45, 2.75) is 43.8 Å². The molecule has 1 spiro atoms. The minimum Gasteiger partial charge on any atom is -0.451 e. The first kappa shape index (κ1) is 10.1. The van der Waals surface area contributed by atoms with Crippen LogP contribution in [0.1, 0.15) is 32.1 Å². The highest BCUT2D eigenvalue weighted by molar-refractivity contribution is 5.87. The van der Waals surface area contributed by atoms with Gasteiger partial charge >= 0.3 is 5.97 Å². The number of hydrogen-bond acceptors (Lipinski definition) is 3. The Bertz CT molecular complexity index is 414. The van der Waals surface area contributed by atoms with Gasteiger partial charge in [-0.1, -0.05) is 6.42 Å². The van der Waals surface area contributed by atoms with Crippen LogP contribution in [0.3, 0.4) is 0 Å². The van der Waals surface area contributed by atoms with Gasteiger partial charge in [0, 0.05) is 19.1 Å². The van der Waals surface area contributed by atoms with Crippen LogP contribution in [-0.4, -0.2) is 24.8 Å². The van der Waals surface area contributed by atoms with E-state index in [1.807, 2.05) is 0 Å². The predicted octanol–water partition coefficient (Wildman–Crippen LogP) is 2.06. The molecule has 0 aromatic rings. The van der Waals surface area contributed by atoms with E-state index in [0.717, 1.165) is 18.8 Å². The van der Waals surface area contributed by atoms with Crippen molar-refractivity contribution in [1.29, 1.82) is 0 Å².